The van der Waals surface area contributed by atoms with E-state index in [0.717, 1.165) is 21.9 Å². The van der Waals surface area contributed by atoms with E-state index in [0.29, 0.717) is 12.2 Å². The molecule has 0 aliphatic heterocycles. The number of aromatic amines is 1. The number of aryl methyl sites for hydroxylation is 1. The first-order chi connectivity index (χ1) is 9.72. The topological polar surface area (TPSA) is 76.7 Å². The van der Waals surface area contributed by atoms with Crippen molar-refractivity contribution < 1.29 is 0 Å². The molecule has 0 saturated heterocycles. The summed E-state index contributed by atoms with van der Waals surface area (Å²) < 4.78 is 1.69. The van der Waals surface area contributed by atoms with Crippen LogP contribution in [0, 0.1) is 0 Å². The number of hydrogen-bond donors (Lipinski definition) is 2. The third-order valence-electron chi connectivity index (χ3n) is 2.95. The molecule has 2 heterocycles. The Balaban J connectivity index is 1.68. The van der Waals surface area contributed by atoms with E-state index in [9.17, 15) is 4.79 Å². The van der Waals surface area contributed by atoms with E-state index >= 15 is 0 Å². The highest BCUT2D eigenvalue weighted by atomic mass is 32.2. The predicted molar refractivity (Wildman–Crippen MR) is 81.9 cm³/mol. The summed E-state index contributed by atoms with van der Waals surface area (Å²) in [6.45, 7) is 0.656. The monoisotopic (exact) mass is 286 g/mol. The van der Waals surface area contributed by atoms with Crippen molar-refractivity contribution in [3.8, 4) is 0 Å². The van der Waals surface area contributed by atoms with Gasteiger partial charge in [0.25, 0.3) is 5.56 Å². The maximum Gasteiger partial charge on any atom is 0.250 e. The van der Waals surface area contributed by atoms with Crippen LogP contribution in [0.15, 0.2) is 52.5 Å². The fourth-order valence-electron chi connectivity index (χ4n) is 1.96. The summed E-state index contributed by atoms with van der Waals surface area (Å²) in [4.78, 5) is 19.2. The number of anilines is 1. The van der Waals surface area contributed by atoms with Gasteiger partial charge in [0.2, 0.25) is 0 Å². The van der Waals surface area contributed by atoms with Gasteiger partial charge < -0.3 is 15.3 Å². The second kappa shape index (κ2) is 5.42. The van der Waals surface area contributed by atoms with Crippen LogP contribution in [0.4, 0.5) is 5.69 Å². The zero-order valence-electron chi connectivity index (χ0n) is 10.7. The maximum atomic E-state index is 11.6. The number of imidazole rings is 1. The number of rotatable bonds is 4. The highest BCUT2D eigenvalue weighted by molar-refractivity contribution is 7.99. The Bertz CT molecular complexity index is 793. The highest BCUT2D eigenvalue weighted by Gasteiger charge is 2.03. The van der Waals surface area contributed by atoms with Gasteiger partial charge in [0.1, 0.15) is 0 Å². The van der Waals surface area contributed by atoms with E-state index < -0.39 is 0 Å². The number of nitrogens with zero attached hydrogens (tertiary/aromatic N) is 2. The fraction of sp³-hybridized carbons (Fsp3) is 0.143. The summed E-state index contributed by atoms with van der Waals surface area (Å²) in [7, 11) is 0. The number of thioether (sulfide) groups is 1. The van der Waals surface area contributed by atoms with Gasteiger partial charge in [0, 0.05) is 30.2 Å². The first kappa shape index (κ1) is 12.8. The van der Waals surface area contributed by atoms with Crippen molar-refractivity contribution in [1.29, 1.82) is 0 Å². The van der Waals surface area contributed by atoms with Crippen LogP contribution in [0.25, 0.3) is 11.0 Å². The first-order valence-electron chi connectivity index (χ1n) is 6.26. The first-order valence-corrected chi connectivity index (χ1v) is 7.24. The second-order valence-corrected chi connectivity index (χ2v) is 5.48. The van der Waals surface area contributed by atoms with E-state index in [4.69, 9.17) is 5.73 Å². The molecular weight excluding hydrogens is 272 g/mol. The molecule has 1 aromatic carbocycles. The summed E-state index contributed by atoms with van der Waals surface area (Å²) in [5, 5.41) is 0.842. The Morgan fingerprint density at radius 3 is 3.05 bits per heavy atom. The van der Waals surface area contributed by atoms with Crippen LogP contribution < -0.4 is 11.3 Å². The summed E-state index contributed by atoms with van der Waals surface area (Å²) in [6, 6.07) is 10.8. The van der Waals surface area contributed by atoms with Gasteiger partial charge in [-0.15, -0.1) is 0 Å². The number of aromatic nitrogens is 3. The lowest BCUT2D eigenvalue weighted by molar-refractivity contribution is 0.734. The normalized spacial score (nSPS) is 11.0. The van der Waals surface area contributed by atoms with Gasteiger partial charge in [-0.3, -0.25) is 4.79 Å². The van der Waals surface area contributed by atoms with Crippen molar-refractivity contribution in [2.24, 2.45) is 0 Å². The van der Waals surface area contributed by atoms with Gasteiger partial charge in [-0.2, -0.15) is 0 Å². The number of pyridine rings is 1. The fourth-order valence-corrected chi connectivity index (χ4v) is 2.78. The Hall–Kier alpha value is -2.21. The van der Waals surface area contributed by atoms with Crippen LogP contribution in [0.3, 0.4) is 0 Å². The molecule has 102 valence electrons. The van der Waals surface area contributed by atoms with Crippen molar-refractivity contribution in [3.05, 3.63) is 52.9 Å². The maximum absolute atomic E-state index is 11.6. The Morgan fingerprint density at radius 2 is 2.20 bits per heavy atom. The van der Waals surface area contributed by atoms with Crippen molar-refractivity contribution >= 4 is 28.5 Å². The molecule has 0 spiro atoms. The van der Waals surface area contributed by atoms with Gasteiger partial charge in [-0.05, 0) is 24.3 Å². The van der Waals surface area contributed by atoms with Crippen molar-refractivity contribution in [2.45, 2.75) is 11.7 Å². The van der Waals surface area contributed by atoms with Crippen molar-refractivity contribution in [3.63, 3.8) is 0 Å². The average molecular weight is 286 g/mol. The number of hydrogen-bond acceptors (Lipinski definition) is 4. The SMILES string of the molecule is Nc1ccc2nc(SCCn3ccccc3=O)[nH]c2c1. The number of nitrogens with two attached hydrogens (primary N) is 1. The van der Waals surface area contributed by atoms with Crippen LogP contribution >= 0.6 is 11.8 Å². The number of benzene rings is 1. The molecule has 0 aliphatic rings. The third kappa shape index (κ3) is 2.70. The standard InChI is InChI=1S/C14H14N4OS/c15-10-4-5-11-12(9-10)17-14(16-11)20-8-7-18-6-2-1-3-13(18)19/h1-6,9H,7-8,15H2,(H,16,17). The van der Waals surface area contributed by atoms with Crippen LogP contribution in [-0.2, 0) is 6.54 Å². The minimum atomic E-state index is 0.0190. The summed E-state index contributed by atoms with van der Waals surface area (Å²) >= 11 is 1.59. The quantitative estimate of drug-likeness (QED) is 0.569. The molecule has 5 nitrogen and oxygen atoms in total. The number of H-pyrrole nitrogens is 1. The van der Waals surface area contributed by atoms with E-state index in [2.05, 4.69) is 9.97 Å². The third-order valence-corrected chi connectivity index (χ3v) is 3.81. The predicted octanol–water partition coefficient (Wildman–Crippen LogP) is 2.10. The molecule has 2 aromatic heterocycles. The largest absolute Gasteiger partial charge is 0.399 e. The van der Waals surface area contributed by atoms with Crippen LogP contribution in [0.1, 0.15) is 0 Å². The molecule has 3 N–H and O–H groups in total. The number of nitrogens with one attached hydrogen (secondary N) is 1. The molecule has 20 heavy (non-hydrogen) atoms. The minimum Gasteiger partial charge on any atom is -0.399 e. The average Bonchev–Trinajstić information content (AvgIpc) is 2.83. The van der Waals surface area contributed by atoms with Crippen molar-refractivity contribution in [2.75, 3.05) is 11.5 Å². The zero-order chi connectivity index (χ0) is 13.9. The molecule has 0 aliphatic carbocycles. The zero-order valence-corrected chi connectivity index (χ0v) is 11.6. The summed E-state index contributed by atoms with van der Waals surface area (Å²) in [5.41, 5.74) is 8.30. The molecule has 0 bridgehead atoms. The number of fused-ring (bicyclic) bond motifs is 1. The molecular formula is C14H14N4OS. The molecule has 0 unspecified atom stereocenters. The van der Waals surface area contributed by atoms with E-state index in [1.165, 1.54) is 0 Å². The molecule has 6 heteroatoms. The van der Waals surface area contributed by atoms with E-state index in [1.54, 1.807) is 34.7 Å². The summed E-state index contributed by atoms with van der Waals surface area (Å²) in [5.74, 6) is 0.777. The smallest absolute Gasteiger partial charge is 0.250 e. The molecule has 0 saturated carbocycles. The molecule has 0 atom stereocenters. The lowest BCUT2D eigenvalue weighted by atomic mass is 10.3. The van der Waals surface area contributed by atoms with Gasteiger partial charge in [0.05, 0.1) is 11.0 Å². The van der Waals surface area contributed by atoms with E-state index in [-0.39, 0.29) is 5.56 Å². The minimum absolute atomic E-state index is 0.0190. The Labute approximate surface area is 119 Å². The molecule has 0 amide bonds. The molecule has 0 radical (unpaired) electrons. The highest BCUT2D eigenvalue weighted by Crippen LogP contribution is 2.21. The van der Waals surface area contributed by atoms with Gasteiger partial charge in [0.15, 0.2) is 5.16 Å². The van der Waals surface area contributed by atoms with Crippen LogP contribution in [0.2, 0.25) is 0 Å². The lowest BCUT2D eigenvalue weighted by Crippen LogP contribution is -2.18. The molecule has 0 fully saturated rings. The van der Waals surface area contributed by atoms with Crippen LogP contribution in [0.5, 0.6) is 0 Å². The summed E-state index contributed by atoms with van der Waals surface area (Å²) in [6.07, 6.45) is 1.79. The molecule has 3 rings (SSSR count). The van der Waals surface area contributed by atoms with Gasteiger partial charge in [-0.1, -0.05) is 17.8 Å². The van der Waals surface area contributed by atoms with Gasteiger partial charge >= 0.3 is 0 Å². The van der Waals surface area contributed by atoms with Crippen LogP contribution in [-0.4, -0.2) is 20.3 Å². The lowest BCUT2D eigenvalue weighted by Gasteiger charge is -2.02. The van der Waals surface area contributed by atoms with Gasteiger partial charge in [-0.25, -0.2) is 4.98 Å². The van der Waals surface area contributed by atoms with Crippen molar-refractivity contribution in [1.82, 2.24) is 14.5 Å². The second-order valence-electron chi connectivity index (χ2n) is 4.40. The number of nitrogen functional groups attached to an aromatic ring is 1. The Kier molecular flexibility index (Phi) is 3.47. The van der Waals surface area contributed by atoms with E-state index in [1.807, 2.05) is 24.3 Å². The molecule has 3 aromatic rings. The Morgan fingerprint density at radius 1 is 1.30 bits per heavy atom.